The van der Waals surface area contributed by atoms with Crippen molar-refractivity contribution in [2.45, 2.75) is 25.0 Å². The van der Waals surface area contributed by atoms with E-state index in [4.69, 9.17) is 12.2 Å². The summed E-state index contributed by atoms with van der Waals surface area (Å²) in [5.41, 5.74) is 0.404. The van der Waals surface area contributed by atoms with Crippen molar-refractivity contribution in [1.29, 1.82) is 0 Å². The Hall–Kier alpha value is 0.620. The Morgan fingerprint density at radius 3 is 2.50 bits per heavy atom. The van der Waals surface area contributed by atoms with Crippen molar-refractivity contribution in [3.8, 4) is 0 Å². The van der Waals surface area contributed by atoms with Crippen molar-refractivity contribution in [3.63, 3.8) is 0 Å². The molecule has 0 spiro atoms. The van der Waals surface area contributed by atoms with E-state index < -0.39 is 0 Å². The van der Waals surface area contributed by atoms with E-state index in [0.29, 0.717) is 5.41 Å². The molecule has 0 aliphatic carbocycles. The first-order valence-corrected chi connectivity index (χ1v) is 7.25. The van der Waals surface area contributed by atoms with E-state index in [2.05, 4.69) is 26.8 Å². The van der Waals surface area contributed by atoms with Crippen LogP contribution in [0.25, 0.3) is 0 Å². The minimum Gasteiger partial charge on any atom is -0.114 e. The van der Waals surface area contributed by atoms with Crippen LogP contribution in [0.15, 0.2) is 10.3 Å². The lowest BCUT2D eigenvalue weighted by Crippen LogP contribution is -2.07. The maximum absolute atomic E-state index is 5.06. The number of rotatable bonds is 2. The fraction of sp³-hybridized carbons (Fsp3) is 0.625. The minimum atomic E-state index is 0.404. The van der Waals surface area contributed by atoms with Crippen LogP contribution < -0.4 is 0 Å². The molecule has 0 amide bonds. The van der Waals surface area contributed by atoms with Crippen LogP contribution in [0.2, 0.25) is 0 Å². The maximum atomic E-state index is 5.06. The smallest absolute Gasteiger partial charge is 0.103 e. The molecule has 0 atom stereocenters. The minimum absolute atomic E-state index is 0.404. The SMILES string of the molecule is CC(C)(C)CSc1cc(=S)ss1. The monoisotopic (exact) mass is 236 g/mol. The molecule has 0 aliphatic heterocycles. The lowest BCUT2D eigenvalue weighted by molar-refractivity contribution is 0.481. The molecule has 0 bridgehead atoms. The van der Waals surface area contributed by atoms with E-state index in [1.807, 2.05) is 11.8 Å². The highest BCUT2D eigenvalue weighted by Crippen LogP contribution is 2.32. The molecule has 68 valence electrons. The van der Waals surface area contributed by atoms with Gasteiger partial charge in [0.1, 0.15) is 3.82 Å². The van der Waals surface area contributed by atoms with Crippen molar-refractivity contribution >= 4 is 44.7 Å². The molecule has 1 aromatic heterocycles. The molecule has 0 radical (unpaired) electrons. The number of hydrogen-bond acceptors (Lipinski definition) is 4. The molecule has 0 N–H and O–H groups in total. The predicted molar refractivity (Wildman–Crippen MR) is 63.2 cm³/mol. The molecule has 0 nitrogen and oxygen atoms in total. The fourth-order valence-corrected chi connectivity index (χ4v) is 4.46. The highest BCUT2D eigenvalue weighted by molar-refractivity contribution is 8.02. The Labute approximate surface area is 90.4 Å². The van der Waals surface area contributed by atoms with Gasteiger partial charge in [-0.15, -0.1) is 11.8 Å². The second-order valence-electron chi connectivity index (χ2n) is 3.80. The van der Waals surface area contributed by atoms with Gasteiger partial charge in [0.05, 0.1) is 4.21 Å². The van der Waals surface area contributed by atoms with Gasteiger partial charge in [-0.1, -0.05) is 53.7 Å². The van der Waals surface area contributed by atoms with Gasteiger partial charge in [0, 0.05) is 5.75 Å². The quantitative estimate of drug-likeness (QED) is 0.415. The zero-order valence-corrected chi connectivity index (χ0v) is 10.7. The lowest BCUT2D eigenvalue weighted by Gasteiger charge is -2.15. The van der Waals surface area contributed by atoms with Gasteiger partial charge >= 0.3 is 0 Å². The second-order valence-corrected chi connectivity index (χ2v) is 7.99. The fourth-order valence-electron chi connectivity index (χ4n) is 0.580. The summed E-state index contributed by atoms with van der Waals surface area (Å²) < 4.78 is 2.37. The zero-order chi connectivity index (χ0) is 9.19. The molecular formula is C8H12S4. The first kappa shape index (κ1) is 10.7. The third kappa shape index (κ3) is 4.03. The van der Waals surface area contributed by atoms with Gasteiger partial charge in [0.25, 0.3) is 0 Å². The van der Waals surface area contributed by atoms with E-state index in [1.165, 1.54) is 4.21 Å². The second kappa shape index (κ2) is 4.22. The maximum Gasteiger partial charge on any atom is 0.103 e. The highest BCUT2D eigenvalue weighted by Gasteiger charge is 2.10. The van der Waals surface area contributed by atoms with Gasteiger partial charge in [0.2, 0.25) is 0 Å². The summed E-state index contributed by atoms with van der Waals surface area (Å²) in [4.78, 5) is 0. The van der Waals surface area contributed by atoms with Crippen LogP contribution in [0.1, 0.15) is 20.8 Å². The molecule has 0 fully saturated rings. The highest BCUT2D eigenvalue weighted by atomic mass is 32.9. The van der Waals surface area contributed by atoms with Gasteiger partial charge in [-0.3, -0.25) is 0 Å². The third-order valence-corrected chi connectivity index (χ3v) is 6.08. The molecule has 0 saturated heterocycles. The van der Waals surface area contributed by atoms with Crippen LogP contribution in [-0.2, 0) is 0 Å². The largest absolute Gasteiger partial charge is 0.114 e. The Morgan fingerprint density at radius 2 is 2.08 bits per heavy atom. The van der Waals surface area contributed by atoms with Crippen LogP contribution in [0.4, 0.5) is 0 Å². The molecular weight excluding hydrogens is 224 g/mol. The molecule has 0 aliphatic rings. The molecule has 0 aromatic carbocycles. The Balaban J connectivity index is 2.49. The van der Waals surface area contributed by atoms with Crippen LogP contribution in [0, 0.1) is 9.24 Å². The van der Waals surface area contributed by atoms with E-state index in [-0.39, 0.29) is 0 Å². The van der Waals surface area contributed by atoms with E-state index in [9.17, 15) is 0 Å². The summed E-state index contributed by atoms with van der Waals surface area (Å²) >= 11 is 6.97. The molecule has 1 rings (SSSR count). The van der Waals surface area contributed by atoms with Crippen molar-refractivity contribution in [3.05, 3.63) is 9.89 Å². The molecule has 0 unspecified atom stereocenters. The van der Waals surface area contributed by atoms with Crippen LogP contribution >= 0.6 is 44.7 Å². The summed E-state index contributed by atoms with van der Waals surface area (Å²) in [5.74, 6) is 1.16. The van der Waals surface area contributed by atoms with Crippen LogP contribution in [-0.4, -0.2) is 5.75 Å². The van der Waals surface area contributed by atoms with Crippen molar-refractivity contribution < 1.29 is 0 Å². The van der Waals surface area contributed by atoms with E-state index in [1.54, 1.807) is 20.7 Å². The van der Waals surface area contributed by atoms with Crippen molar-refractivity contribution in [1.82, 2.24) is 0 Å². The normalized spacial score (nSPS) is 11.9. The van der Waals surface area contributed by atoms with Crippen molar-refractivity contribution in [2.24, 2.45) is 5.41 Å². The molecule has 12 heavy (non-hydrogen) atoms. The third-order valence-electron chi connectivity index (χ3n) is 1.09. The Kier molecular flexibility index (Phi) is 3.76. The topological polar surface area (TPSA) is 0 Å². The molecule has 1 aromatic rings. The van der Waals surface area contributed by atoms with Crippen LogP contribution in [0.3, 0.4) is 0 Å². The van der Waals surface area contributed by atoms with Gasteiger partial charge in [-0.25, -0.2) is 0 Å². The molecule has 1 heterocycles. The van der Waals surface area contributed by atoms with E-state index in [0.717, 1.165) is 9.58 Å². The summed E-state index contributed by atoms with van der Waals surface area (Å²) in [6, 6.07) is 2.10. The first-order chi connectivity index (χ1) is 5.47. The summed E-state index contributed by atoms with van der Waals surface area (Å²) in [7, 11) is 3.48. The molecule has 0 saturated carbocycles. The molecule has 4 heteroatoms. The van der Waals surface area contributed by atoms with Gasteiger partial charge < -0.3 is 0 Å². The Morgan fingerprint density at radius 1 is 1.42 bits per heavy atom. The number of thioether (sulfide) groups is 1. The predicted octanol–water partition coefficient (Wildman–Crippen LogP) is 4.68. The summed E-state index contributed by atoms with van der Waals surface area (Å²) in [6.45, 7) is 6.77. The zero-order valence-electron chi connectivity index (χ0n) is 7.42. The standard InChI is InChI=1S/C8H12S4/c1-8(2,3)5-10-7-4-6(9)11-12-7/h4H,5H2,1-3H3. The Bertz CT molecular complexity index is 288. The van der Waals surface area contributed by atoms with Crippen LogP contribution in [0.5, 0.6) is 0 Å². The average molecular weight is 236 g/mol. The first-order valence-electron chi connectivity index (χ1n) is 3.70. The summed E-state index contributed by atoms with van der Waals surface area (Å²) in [5, 5.41) is 0. The summed E-state index contributed by atoms with van der Waals surface area (Å²) in [6.07, 6.45) is 0. The average Bonchev–Trinajstić information content (AvgIpc) is 2.30. The lowest BCUT2D eigenvalue weighted by atomic mass is 10.0. The van der Waals surface area contributed by atoms with Gasteiger partial charge in [0.15, 0.2) is 0 Å². The van der Waals surface area contributed by atoms with Gasteiger partial charge in [-0.2, -0.15) is 0 Å². The van der Waals surface area contributed by atoms with Crippen molar-refractivity contribution in [2.75, 3.05) is 5.75 Å². The number of hydrogen-bond donors (Lipinski definition) is 0. The van der Waals surface area contributed by atoms with Gasteiger partial charge in [-0.05, 0) is 11.5 Å². The van der Waals surface area contributed by atoms with E-state index >= 15 is 0 Å².